The Morgan fingerprint density at radius 1 is 0.897 bits per heavy atom. The molecule has 1 unspecified atom stereocenters. The van der Waals surface area contributed by atoms with E-state index in [0.29, 0.717) is 11.8 Å². The molecule has 154 valence electrons. The summed E-state index contributed by atoms with van der Waals surface area (Å²) in [6.45, 7) is 4.70. The number of hydrogen-bond donors (Lipinski definition) is 0. The Morgan fingerprint density at radius 3 is 2.34 bits per heavy atom. The maximum atomic E-state index is 13.1. The molecule has 0 saturated carbocycles. The fraction of sp³-hybridized carbons (Fsp3) is 0.480. The van der Waals surface area contributed by atoms with Crippen LogP contribution in [0.2, 0.25) is 5.02 Å². The van der Waals surface area contributed by atoms with Crippen LogP contribution < -0.4 is 0 Å². The molecule has 0 aliphatic carbocycles. The van der Waals surface area contributed by atoms with Gasteiger partial charge in [-0.25, -0.2) is 0 Å². The minimum Gasteiger partial charge on any atom is -0.342 e. The van der Waals surface area contributed by atoms with Gasteiger partial charge in [-0.2, -0.15) is 0 Å². The van der Waals surface area contributed by atoms with E-state index < -0.39 is 0 Å². The molecule has 1 amide bonds. The Balaban J connectivity index is 1.26. The van der Waals surface area contributed by atoms with Crippen LogP contribution in [0.5, 0.6) is 0 Å². The second-order valence-corrected chi connectivity index (χ2v) is 9.10. The molecule has 29 heavy (non-hydrogen) atoms. The third kappa shape index (κ3) is 5.61. The SMILES string of the molecule is O=C(C1CCCN(Cc2ccc(Cl)cc2)C1)N1CCC(Cc2ccccc2)CC1. The Morgan fingerprint density at radius 2 is 1.62 bits per heavy atom. The number of halogens is 1. The molecule has 0 bridgehead atoms. The molecule has 2 aliphatic rings. The Bertz CT molecular complexity index is 784. The third-order valence-corrected chi connectivity index (χ3v) is 6.72. The highest BCUT2D eigenvalue weighted by molar-refractivity contribution is 6.30. The predicted octanol–water partition coefficient (Wildman–Crippen LogP) is 5.03. The first kappa shape index (κ1) is 20.4. The van der Waals surface area contributed by atoms with Gasteiger partial charge in [-0.3, -0.25) is 9.69 Å². The highest BCUT2D eigenvalue weighted by atomic mass is 35.5. The maximum absolute atomic E-state index is 13.1. The van der Waals surface area contributed by atoms with Crippen molar-refractivity contribution in [3.8, 4) is 0 Å². The second kappa shape index (κ2) is 9.77. The monoisotopic (exact) mass is 410 g/mol. The normalized spacial score (nSPS) is 21.3. The summed E-state index contributed by atoms with van der Waals surface area (Å²) in [5.41, 5.74) is 2.69. The third-order valence-electron chi connectivity index (χ3n) is 6.47. The smallest absolute Gasteiger partial charge is 0.226 e. The van der Waals surface area contributed by atoms with Crippen LogP contribution in [0.1, 0.15) is 36.8 Å². The molecule has 2 heterocycles. The summed E-state index contributed by atoms with van der Waals surface area (Å²) in [5.74, 6) is 1.24. The van der Waals surface area contributed by atoms with Crippen LogP contribution in [0.15, 0.2) is 54.6 Å². The number of amides is 1. The van der Waals surface area contributed by atoms with Crippen molar-refractivity contribution in [3.05, 3.63) is 70.7 Å². The zero-order valence-corrected chi connectivity index (χ0v) is 17.9. The molecule has 0 spiro atoms. The first-order valence-corrected chi connectivity index (χ1v) is 11.3. The van der Waals surface area contributed by atoms with E-state index in [1.165, 1.54) is 11.1 Å². The number of rotatable bonds is 5. The van der Waals surface area contributed by atoms with Crippen molar-refractivity contribution in [2.24, 2.45) is 11.8 Å². The van der Waals surface area contributed by atoms with E-state index in [-0.39, 0.29) is 5.92 Å². The largest absolute Gasteiger partial charge is 0.342 e. The average Bonchev–Trinajstić information content (AvgIpc) is 2.76. The van der Waals surface area contributed by atoms with Gasteiger partial charge in [0, 0.05) is 31.2 Å². The van der Waals surface area contributed by atoms with E-state index in [2.05, 4.69) is 52.3 Å². The van der Waals surface area contributed by atoms with Crippen molar-refractivity contribution in [2.45, 2.75) is 38.6 Å². The summed E-state index contributed by atoms with van der Waals surface area (Å²) >= 11 is 6.00. The highest BCUT2D eigenvalue weighted by Crippen LogP contribution is 2.26. The summed E-state index contributed by atoms with van der Waals surface area (Å²) in [5, 5.41) is 0.774. The number of hydrogen-bond acceptors (Lipinski definition) is 2. The molecular weight excluding hydrogens is 380 g/mol. The van der Waals surface area contributed by atoms with Gasteiger partial charge < -0.3 is 4.90 Å². The summed E-state index contributed by atoms with van der Waals surface area (Å²) < 4.78 is 0. The van der Waals surface area contributed by atoms with E-state index in [0.717, 1.165) is 69.9 Å². The van der Waals surface area contributed by atoms with Gasteiger partial charge in [-0.15, -0.1) is 0 Å². The molecule has 0 aromatic heterocycles. The number of likely N-dealkylation sites (tertiary alicyclic amines) is 2. The van der Waals surface area contributed by atoms with Gasteiger partial charge in [0.15, 0.2) is 0 Å². The van der Waals surface area contributed by atoms with Crippen LogP contribution in [-0.2, 0) is 17.8 Å². The van der Waals surface area contributed by atoms with Crippen LogP contribution in [0, 0.1) is 11.8 Å². The van der Waals surface area contributed by atoms with E-state index >= 15 is 0 Å². The first-order chi connectivity index (χ1) is 14.2. The average molecular weight is 411 g/mol. The molecular formula is C25H31ClN2O. The Kier molecular flexibility index (Phi) is 6.89. The van der Waals surface area contributed by atoms with Gasteiger partial charge in [0.1, 0.15) is 0 Å². The van der Waals surface area contributed by atoms with Gasteiger partial charge in [-0.1, -0.05) is 54.1 Å². The molecule has 2 aliphatic heterocycles. The molecule has 4 rings (SSSR count). The minimum atomic E-state index is 0.154. The summed E-state index contributed by atoms with van der Waals surface area (Å²) in [7, 11) is 0. The van der Waals surface area contributed by atoms with Gasteiger partial charge in [0.05, 0.1) is 5.92 Å². The topological polar surface area (TPSA) is 23.6 Å². The number of nitrogens with zero attached hydrogens (tertiary/aromatic N) is 2. The second-order valence-electron chi connectivity index (χ2n) is 8.66. The Hall–Kier alpha value is -1.84. The molecule has 2 saturated heterocycles. The lowest BCUT2D eigenvalue weighted by atomic mass is 9.89. The summed E-state index contributed by atoms with van der Waals surface area (Å²) in [4.78, 5) is 17.7. The molecule has 2 fully saturated rings. The minimum absolute atomic E-state index is 0.154. The van der Waals surface area contributed by atoms with Gasteiger partial charge in [0.2, 0.25) is 5.91 Å². The summed E-state index contributed by atoms with van der Waals surface area (Å²) in [6.07, 6.45) is 5.53. The van der Waals surface area contributed by atoms with Crippen molar-refractivity contribution < 1.29 is 4.79 Å². The maximum Gasteiger partial charge on any atom is 0.226 e. The number of piperidine rings is 2. The van der Waals surface area contributed by atoms with Crippen LogP contribution in [-0.4, -0.2) is 41.9 Å². The van der Waals surface area contributed by atoms with Crippen LogP contribution >= 0.6 is 11.6 Å². The molecule has 2 aromatic rings. The fourth-order valence-electron chi connectivity index (χ4n) is 4.81. The van der Waals surface area contributed by atoms with E-state index in [4.69, 9.17) is 11.6 Å². The van der Waals surface area contributed by atoms with Crippen LogP contribution in [0.3, 0.4) is 0 Å². The van der Waals surface area contributed by atoms with E-state index in [1.54, 1.807) is 0 Å². The molecule has 2 aromatic carbocycles. The Labute approximate surface area is 179 Å². The van der Waals surface area contributed by atoms with Gasteiger partial charge in [0.25, 0.3) is 0 Å². The molecule has 0 radical (unpaired) electrons. The lowest BCUT2D eigenvalue weighted by Crippen LogP contribution is -2.47. The fourth-order valence-corrected chi connectivity index (χ4v) is 4.94. The number of benzene rings is 2. The lowest BCUT2D eigenvalue weighted by Gasteiger charge is -2.38. The van der Waals surface area contributed by atoms with E-state index in [1.807, 2.05) is 12.1 Å². The number of carbonyl (C=O) groups excluding carboxylic acids is 1. The van der Waals surface area contributed by atoms with Crippen molar-refractivity contribution in [1.29, 1.82) is 0 Å². The van der Waals surface area contributed by atoms with Gasteiger partial charge >= 0.3 is 0 Å². The zero-order chi connectivity index (χ0) is 20.1. The van der Waals surface area contributed by atoms with Crippen molar-refractivity contribution >= 4 is 17.5 Å². The van der Waals surface area contributed by atoms with Crippen LogP contribution in [0.4, 0.5) is 0 Å². The highest BCUT2D eigenvalue weighted by Gasteiger charge is 2.31. The van der Waals surface area contributed by atoms with Crippen molar-refractivity contribution in [1.82, 2.24) is 9.80 Å². The predicted molar refractivity (Wildman–Crippen MR) is 119 cm³/mol. The zero-order valence-electron chi connectivity index (χ0n) is 17.1. The molecule has 0 N–H and O–H groups in total. The molecule has 3 nitrogen and oxygen atoms in total. The molecule has 1 atom stereocenters. The first-order valence-electron chi connectivity index (χ1n) is 11.0. The van der Waals surface area contributed by atoms with Crippen molar-refractivity contribution in [3.63, 3.8) is 0 Å². The quantitative estimate of drug-likeness (QED) is 0.689. The van der Waals surface area contributed by atoms with Crippen molar-refractivity contribution in [2.75, 3.05) is 26.2 Å². The molecule has 4 heteroatoms. The van der Waals surface area contributed by atoms with Crippen LogP contribution in [0.25, 0.3) is 0 Å². The number of carbonyl (C=O) groups is 1. The van der Waals surface area contributed by atoms with E-state index in [9.17, 15) is 4.79 Å². The summed E-state index contributed by atoms with van der Waals surface area (Å²) in [6, 6.07) is 18.8. The van der Waals surface area contributed by atoms with Gasteiger partial charge in [-0.05, 0) is 67.8 Å². The standard InChI is InChI=1S/C25H31ClN2O/c26-24-10-8-22(9-11-24)18-27-14-4-7-23(19-27)25(29)28-15-12-21(13-16-28)17-20-5-2-1-3-6-20/h1-3,5-6,8-11,21,23H,4,7,12-19H2. The lowest BCUT2D eigenvalue weighted by molar-refractivity contribution is -0.138.